The summed E-state index contributed by atoms with van der Waals surface area (Å²) in [6.07, 6.45) is 0.927. The van der Waals surface area contributed by atoms with Crippen molar-refractivity contribution in [1.82, 2.24) is 0 Å². The van der Waals surface area contributed by atoms with Crippen LogP contribution in [0.2, 0.25) is 13.1 Å². The zero-order chi connectivity index (χ0) is 6.62. The molecule has 0 amide bonds. The van der Waals surface area contributed by atoms with Crippen molar-refractivity contribution in [3.05, 3.63) is 0 Å². The number of hydrogen-bond acceptors (Lipinski definition) is 2. The maximum atomic E-state index is 5.01. The number of rotatable bonds is 3. The van der Waals surface area contributed by atoms with Crippen molar-refractivity contribution < 1.29 is 4.74 Å². The predicted molar refractivity (Wildman–Crippen MR) is 43.2 cm³/mol. The minimum Gasteiger partial charge on any atom is -0.388 e. The second kappa shape index (κ2) is 3.53. The topological polar surface area (TPSA) is 9.23 Å². The van der Waals surface area contributed by atoms with Crippen LogP contribution in [-0.4, -0.2) is 26.8 Å². The van der Waals surface area contributed by atoms with Crippen LogP contribution < -0.4 is 0 Å². The van der Waals surface area contributed by atoms with Crippen LogP contribution in [0.1, 0.15) is 0 Å². The summed E-state index contributed by atoms with van der Waals surface area (Å²) >= 11 is 4.22. The van der Waals surface area contributed by atoms with Crippen molar-refractivity contribution in [2.45, 2.75) is 13.1 Å². The summed E-state index contributed by atoms with van der Waals surface area (Å²) in [5, 5.41) is 1.01. The molecule has 0 aliphatic heterocycles. The van der Waals surface area contributed by atoms with Crippen LogP contribution in [0.15, 0.2) is 0 Å². The van der Waals surface area contributed by atoms with Gasteiger partial charge in [-0.1, -0.05) is 13.1 Å². The molecule has 0 spiro atoms. The van der Waals surface area contributed by atoms with Crippen LogP contribution >= 0.6 is 12.6 Å². The number of ether oxygens (including phenoxy) is 1. The lowest BCUT2D eigenvalue weighted by Gasteiger charge is -2.16. The Morgan fingerprint density at radius 3 is 2.12 bits per heavy atom. The quantitative estimate of drug-likeness (QED) is 0.472. The summed E-state index contributed by atoms with van der Waals surface area (Å²) in [5.41, 5.74) is 0. The van der Waals surface area contributed by atoms with Crippen LogP contribution in [-0.2, 0) is 4.74 Å². The first kappa shape index (κ1) is 8.53. The zero-order valence-corrected chi connectivity index (χ0v) is 7.66. The summed E-state index contributed by atoms with van der Waals surface area (Å²) in [7, 11) is 0.713. The van der Waals surface area contributed by atoms with Crippen LogP contribution in [0.5, 0.6) is 0 Å². The molecule has 0 fully saturated rings. The fourth-order valence-corrected chi connectivity index (χ4v) is 1.58. The lowest BCUT2D eigenvalue weighted by molar-refractivity contribution is 0.246. The highest BCUT2D eigenvalue weighted by Gasteiger charge is 2.17. The predicted octanol–water partition coefficient (Wildman–Crippen LogP) is 1.35. The fourth-order valence-electron chi connectivity index (χ4n) is 0.436. The van der Waals surface area contributed by atoms with Gasteiger partial charge in [0.25, 0.3) is 0 Å². The van der Waals surface area contributed by atoms with Crippen molar-refractivity contribution in [3.8, 4) is 0 Å². The molecule has 8 heavy (non-hydrogen) atoms. The third kappa shape index (κ3) is 3.52. The highest BCUT2D eigenvalue weighted by Crippen LogP contribution is 2.02. The number of thiol groups is 1. The van der Waals surface area contributed by atoms with Gasteiger partial charge in [0.15, 0.2) is 0 Å². The lowest BCUT2D eigenvalue weighted by Crippen LogP contribution is -2.34. The van der Waals surface area contributed by atoms with Gasteiger partial charge in [-0.2, -0.15) is 12.6 Å². The summed E-state index contributed by atoms with van der Waals surface area (Å²) < 4.78 is 5.01. The Bertz CT molecular complexity index is 65.4. The molecule has 0 aliphatic carbocycles. The van der Waals surface area contributed by atoms with Gasteiger partial charge in [0.05, 0.1) is 8.07 Å². The van der Waals surface area contributed by atoms with Crippen LogP contribution in [0, 0.1) is 0 Å². The van der Waals surface area contributed by atoms with Crippen molar-refractivity contribution in [1.29, 1.82) is 0 Å². The molecule has 0 heterocycles. The van der Waals surface area contributed by atoms with E-state index in [1.807, 2.05) is 0 Å². The minimum absolute atomic E-state index is 0.927. The average Bonchev–Trinajstić information content (AvgIpc) is 1.67. The van der Waals surface area contributed by atoms with E-state index in [0.29, 0.717) is 0 Å². The van der Waals surface area contributed by atoms with Gasteiger partial charge in [0.2, 0.25) is 0 Å². The van der Waals surface area contributed by atoms with Gasteiger partial charge in [0, 0.05) is 13.3 Å². The lowest BCUT2D eigenvalue weighted by atomic mass is 11.5. The first-order valence-electron chi connectivity index (χ1n) is 2.72. The standard InChI is InChI=1S/C5H14OSSi/c1-6-4-8(2,3)5-7/h7H,4-5H2,1-3H3. The molecule has 0 N–H and O–H groups in total. The average molecular weight is 150 g/mol. The van der Waals surface area contributed by atoms with E-state index in [2.05, 4.69) is 25.7 Å². The van der Waals surface area contributed by atoms with Crippen molar-refractivity contribution in [2.75, 3.05) is 18.7 Å². The van der Waals surface area contributed by atoms with E-state index in [1.165, 1.54) is 0 Å². The highest BCUT2D eigenvalue weighted by atomic mass is 32.1. The third-order valence-corrected chi connectivity index (χ3v) is 5.46. The van der Waals surface area contributed by atoms with Crippen LogP contribution in [0.25, 0.3) is 0 Å². The van der Waals surface area contributed by atoms with Crippen LogP contribution in [0.3, 0.4) is 0 Å². The maximum absolute atomic E-state index is 5.01. The first-order chi connectivity index (χ1) is 3.62. The fraction of sp³-hybridized carbons (Fsp3) is 1.00. The number of hydrogen-bond donors (Lipinski definition) is 1. The van der Waals surface area contributed by atoms with Crippen LogP contribution in [0.4, 0.5) is 0 Å². The summed E-state index contributed by atoms with van der Waals surface area (Å²) in [5.74, 6) is 0. The van der Waals surface area contributed by atoms with Gasteiger partial charge in [-0.25, -0.2) is 0 Å². The molecule has 0 aliphatic rings. The van der Waals surface area contributed by atoms with E-state index in [9.17, 15) is 0 Å². The molecular formula is C5H14OSSi. The first-order valence-corrected chi connectivity index (χ1v) is 6.77. The molecule has 0 aromatic rings. The Morgan fingerprint density at radius 1 is 1.50 bits per heavy atom. The van der Waals surface area contributed by atoms with Crippen molar-refractivity contribution in [2.24, 2.45) is 0 Å². The van der Waals surface area contributed by atoms with Gasteiger partial charge < -0.3 is 4.74 Å². The molecule has 0 saturated carbocycles. The Labute approximate surface area is 57.8 Å². The zero-order valence-electron chi connectivity index (χ0n) is 5.77. The van der Waals surface area contributed by atoms with Gasteiger partial charge in [-0.05, 0) is 5.38 Å². The highest BCUT2D eigenvalue weighted by molar-refractivity contribution is 7.82. The molecule has 0 bridgehead atoms. The minimum atomic E-state index is -1.04. The molecule has 1 nitrogen and oxygen atoms in total. The molecule has 0 unspecified atom stereocenters. The van der Waals surface area contributed by atoms with Gasteiger partial charge in [-0.3, -0.25) is 0 Å². The molecule has 50 valence electrons. The van der Waals surface area contributed by atoms with E-state index < -0.39 is 8.07 Å². The summed E-state index contributed by atoms with van der Waals surface area (Å²) in [6, 6.07) is 0. The van der Waals surface area contributed by atoms with Gasteiger partial charge in [-0.15, -0.1) is 0 Å². The maximum Gasteiger partial charge on any atom is 0.0870 e. The van der Waals surface area contributed by atoms with E-state index in [1.54, 1.807) is 7.11 Å². The molecule has 0 atom stereocenters. The molecular weight excluding hydrogens is 136 g/mol. The SMILES string of the molecule is COC[Si](C)(C)CS. The molecule has 0 saturated heterocycles. The molecule has 0 radical (unpaired) electrons. The molecule has 0 aromatic carbocycles. The normalized spacial score (nSPS) is 12.0. The van der Waals surface area contributed by atoms with Gasteiger partial charge in [0.1, 0.15) is 0 Å². The summed E-state index contributed by atoms with van der Waals surface area (Å²) in [6.45, 7) is 4.53. The molecule has 0 aromatic heterocycles. The second-order valence-electron chi connectivity index (χ2n) is 2.76. The Morgan fingerprint density at radius 2 is 2.00 bits per heavy atom. The second-order valence-corrected chi connectivity index (χ2v) is 8.64. The Kier molecular flexibility index (Phi) is 3.77. The molecule has 3 heteroatoms. The Hall–Kier alpha value is 0.527. The Balaban J connectivity index is 3.37. The largest absolute Gasteiger partial charge is 0.388 e. The van der Waals surface area contributed by atoms with E-state index in [0.717, 1.165) is 11.6 Å². The molecule has 0 rings (SSSR count). The smallest absolute Gasteiger partial charge is 0.0870 e. The van der Waals surface area contributed by atoms with E-state index in [4.69, 9.17) is 4.74 Å². The number of methoxy groups -OCH3 is 1. The van der Waals surface area contributed by atoms with Gasteiger partial charge >= 0.3 is 0 Å². The van der Waals surface area contributed by atoms with Crippen molar-refractivity contribution in [3.63, 3.8) is 0 Å². The van der Waals surface area contributed by atoms with Crippen molar-refractivity contribution >= 4 is 20.7 Å². The third-order valence-electron chi connectivity index (χ3n) is 0.963. The monoisotopic (exact) mass is 150 g/mol. The summed E-state index contributed by atoms with van der Waals surface area (Å²) in [4.78, 5) is 0. The van der Waals surface area contributed by atoms with E-state index >= 15 is 0 Å². The van der Waals surface area contributed by atoms with E-state index in [-0.39, 0.29) is 0 Å².